The maximum absolute atomic E-state index is 5.72. The van der Waals surface area contributed by atoms with Crippen molar-refractivity contribution in [3.63, 3.8) is 0 Å². The molecule has 0 atom stereocenters. The minimum absolute atomic E-state index is 0.512. The smallest absolute Gasteiger partial charge is 0.104 e. The van der Waals surface area contributed by atoms with Crippen LogP contribution in [0.4, 0.5) is 5.69 Å². The van der Waals surface area contributed by atoms with E-state index in [1.807, 2.05) is 30.1 Å². The maximum atomic E-state index is 5.72. The Morgan fingerprint density at radius 2 is 2.22 bits per heavy atom. The lowest BCUT2D eigenvalue weighted by molar-refractivity contribution is 0.108. The van der Waals surface area contributed by atoms with Gasteiger partial charge in [-0.15, -0.1) is 0 Å². The molecule has 1 aliphatic heterocycles. The van der Waals surface area contributed by atoms with Crippen LogP contribution in [0.25, 0.3) is 6.08 Å². The van der Waals surface area contributed by atoms with Crippen LogP contribution in [0.1, 0.15) is 11.3 Å². The van der Waals surface area contributed by atoms with Gasteiger partial charge in [0.1, 0.15) is 6.61 Å². The zero-order valence-electron chi connectivity index (χ0n) is 10.2. The first-order chi connectivity index (χ1) is 8.84. The van der Waals surface area contributed by atoms with Gasteiger partial charge in [-0.3, -0.25) is 19.6 Å². The monoisotopic (exact) mass is 242 g/mol. The number of nitrogens with zero attached hydrogens (tertiary/aromatic N) is 4. The average Bonchev–Trinajstić information content (AvgIpc) is 3.00. The predicted octanol–water partition coefficient (Wildman–Crippen LogP) is 1.87. The van der Waals surface area contributed by atoms with Gasteiger partial charge in [0.15, 0.2) is 0 Å². The summed E-state index contributed by atoms with van der Waals surface area (Å²) in [5.41, 5.74) is 3.21. The summed E-state index contributed by atoms with van der Waals surface area (Å²) in [5, 5.41) is 6.03. The van der Waals surface area contributed by atoms with Crippen LogP contribution in [0.3, 0.4) is 0 Å². The lowest BCUT2D eigenvalue weighted by Gasteiger charge is -2.18. The zero-order valence-corrected chi connectivity index (χ0v) is 10.2. The second-order valence-corrected chi connectivity index (χ2v) is 4.12. The zero-order chi connectivity index (χ0) is 12.4. The van der Waals surface area contributed by atoms with Gasteiger partial charge in [0.05, 0.1) is 24.1 Å². The van der Waals surface area contributed by atoms with Crippen LogP contribution in [0.5, 0.6) is 0 Å². The van der Waals surface area contributed by atoms with E-state index < -0.39 is 0 Å². The molecule has 0 radical (unpaired) electrons. The van der Waals surface area contributed by atoms with Gasteiger partial charge in [0, 0.05) is 25.0 Å². The number of hydrogen-bond acceptors (Lipinski definition) is 4. The standard InChI is InChI=1S/C13H14N4O/c1-16(12-4-6-14-7-5-12)18-10-11-9-15-17-8-2-3-13(11)17/h2-7,9H,8,10H2,1H3. The molecule has 0 unspecified atom stereocenters. The summed E-state index contributed by atoms with van der Waals surface area (Å²) in [6, 6.07) is 3.81. The fourth-order valence-corrected chi connectivity index (χ4v) is 1.94. The van der Waals surface area contributed by atoms with Gasteiger partial charge in [-0.25, -0.2) is 0 Å². The molecule has 0 amide bonds. The molecule has 1 aliphatic rings. The molecule has 0 N–H and O–H groups in total. The number of pyridine rings is 1. The topological polar surface area (TPSA) is 43.2 Å². The molecule has 0 aliphatic carbocycles. The van der Waals surface area contributed by atoms with E-state index in [9.17, 15) is 0 Å². The summed E-state index contributed by atoms with van der Waals surface area (Å²) in [4.78, 5) is 9.70. The van der Waals surface area contributed by atoms with Crippen LogP contribution in [-0.4, -0.2) is 21.8 Å². The summed E-state index contributed by atoms with van der Waals surface area (Å²) >= 11 is 0. The van der Waals surface area contributed by atoms with E-state index >= 15 is 0 Å². The van der Waals surface area contributed by atoms with Crippen LogP contribution >= 0.6 is 0 Å². The molecule has 0 saturated heterocycles. The van der Waals surface area contributed by atoms with Crippen molar-refractivity contribution in [3.8, 4) is 0 Å². The first-order valence-electron chi connectivity index (χ1n) is 5.82. The van der Waals surface area contributed by atoms with Gasteiger partial charge >= 0.3 is 0 Å². The Hall–Kier alpha value is -2.14. The first-order valence-corrected chi connectivity index (χ1v) is 5.82. The molecule has 5 nitrogen and oxygen atoms in total. The Balaban J connectivity index is 1.66. The highest BCUT2D eigenvalue weighted by atomic mass is 16.7. The van der Waals surface area contributed by atoms with E-state index in [0.717, 1.165) is 23.5 Å². The fraction of sp³-hybridized carbons (Fsp3) is 0.231. The molecule has 0 fully saturated rings. The van der Waals surface area contributed by atoms with Crippen LogP contribution in [0.15, 0.2) is 36.8 Å². The Morgan fingerprint density at radius 1 is 1.39 bits per heavy atom. The molecule has 5 heteroatoms. The maximum Gasteiger partial charge on any atom is 0.104 e. The second kappa shape index (κ2) is 4.62. The molecule has 18 heavy (non-hydrogen) atoms. The average molecular weight is 242 g/mol. The quantitative estimate of drug-likeness (QED) is 0.768. The van der Waals surface area contributed by atoms with Crippen molar-refractivity contribution in [3.05, 3.63) is 48.1 Å². The van der Waals surface area contributed by atoms with Crippen molar-refractivity contribution in [2.24, 2.45) is 0 Å². The molecule has 3 rings (SSSR count). The number of hydroxylamine groups is 1. The highest BCUT2D eigenvalue weighted by Crippen LogP contribution is 2.18. The molecule has 0 aromatic carbocycles. The molecule has 0 bridgehead atoms. The van der Waals surface area contributed by atoms with E-state index in [1.165, 1.54) is 0 Å². The normalized spacial score (nSPS) is 12.7. The molecular weight excluding hydrogens is 228 g/mol. The number of allylic oxidation sites excluding steroid dienone is 1. The lowest BCUT2D eigenvalue weighted by Crippen LogP contribution is -2.17. The van der Waals surface area contributed by atoms with E-state index in [1.54, 1.807) is 17.5 Å². The Bertz CT molecular complexity index is 562. The van der Waals surface area contributed by atoms with Crippen LogP contribution in [0, 0.1) is 0 Å². The largest absolute Gasteiger partial charge is 0.269 e. The van der Waals surface area contributed by atoms with Crippen molar-refractivity contribution < 1.29 is 4.84 Å². The lowest BCUT2D eigenvalue weighted by atomic mass is 10.2. The van der Waals surface area contributed by atoms with Gasteiger partial charge < -0.3 is 0 Å². The van der Waals surface area contributed by atoms with Crippen molar-refractivity contribution in [2.45, 2.75) is 13.2 Å². The molecule has 0 spiro atoms. The molecule has 3 heterocycles. The molecule has 0 saturated carbocycles. The number of rotatable bonds is 4. The Labute approximate surface area is 105 Å². The van der Waals surface area contributed by atoms with Gasteiger partial charge in [-0.2, -0.15) is 5.10 Å². The van der Waals surface area contributed by atoms with Crippen LogP contribution in [0.2, 0.25) is 0 Å². The summed E-state index contributed by atoms with van der Waals surface area (Å²) in [5.74, 6) is 0. The van der Waals surface area contributed by atoms with Gasteiger partial charge in [-0.05, 0) is 18.2 Å². The number of anilines is 1. The SMILES string of the molecule is CN(OCc1cnn2c1C=CC2)c1ccncc1. The van der Waals surface area contributed by atoms with Crippen LogP contribution < -0.4 is 5.06 Å². The highest BCUT2D eigenvalue weighted by molar-refractivity contribution is 5.52. The minimum atomic E-state index is 0.512. The van der Waals surface area contributed by atoms with Crippen molar-refractivity contribution in [2.75, 3.05) is 12.1 Å². The summed E-state index contributed by atoms with van der Waals surface area (Å²) in [6.07, 6.45) is 9.53. The second-order valence-electron chi connectivity index (χ2n) is 4.12. The minimum Gasteiger partial charge on any atom is -0.269 e. The third-order valence-corrected chi connectivity index (χ3v) is 2.95. The number of hydrogen-bond donors (Lipinski definition) is 0. The van der Waals surface area contributed by atoms with Crippen molar-refractivity contribution in [1.82, 2.24) is 14.8 Å². The molecule has 2 aromatic rings. The summed E-state index contributed by atoms with van der Waals surface area (Å²) in [7, 11) is 1.88. The van der Waals surface area contributed by atoms with E-state index in [2.05, 4.69) is 22.2 Å². The van der Waals surface area contributed by atoms with E-state index in [0.29, 0.717) is 6.61 Å². The first kappa shape index (κ1) is 11.0. The van der Waals surface area contributed by atoms with Gasteiger partial charge in [-0.1, -0.05) is 6.08 Å². The van der Waals surface area contributed by atoms with Crippen molar-refractivity contribution in [1.29, 1.82) is 0 Å². The van der Waals surface area contributed by atoms with Crippen molar-refractivity contribution >= 4 is 11.8 Å². The third-order valence-electron chi connectivity index (χ3n) is 2.95. The number of fused-ring (bicyclic) bond motifs is 1. The Morgan fingerprint density at radius 3 is 3.06 bits per heavy atom. The van der Waals surface area contributed by atoms with Gasteiger partial charge in [0.25, 0.3) is 0 Å². The van der Waals surface area contributed by atoms with E-state index in [4.69, 9.17) is 4.84 Å². The van der Waals surface area contributed by atoms with E-state index in [-0.39, 0.29) is 0 Å². The molecule has 92 valence electrons. The summed E-state index contributed by atoms with van der Waals surface area (Å²) in [6.45, 7) is 1.37. The predicted molar refractivity (Wildman–Crippen MR) is 68.7 cm³/mol. The molecular formula is C13H14N4O. The van der Waals surface area contributed by atoms with Crippen LogP contribution in [-0.2, 0) is 18.0 Å². The molecule has 2 aromatic heterocycles. The highest BCUT2D eigenvalue weighted by Gasteiger charge is 2.12. The Kier molecular flexibility index (Phi) is 2.82. The van der Waals surface area contributed by atoms with Gasteiger partial charge in [0.2, 0.25) is 0 Å². The third kappa shape index (κ3) is 2.00. The number of aromatic nitrogens is 3. The summed E-state index contributed by atoms with van der Waals surface area (Å²) < 4.78 is 1.96. The fourth-order valence-electron chi connectivity index (χ4n) is 1.94.